The van der Waals surface area contributed by atoms with Gasteiger partial charge in [-0.05, 0) is 53.6 Å². The van der Waals surface area contributed by atoms with Crippen LogP contribution in [-0.2, 0) is 20.1 Å². The van der Waals surface area contributed by atoms with Crippen LogP contribution in [0.2, 0.25) is 0 Å². The summed E-state index contributed by atoms with van der Waals surface area (Å²) in [4.78, 5) is 38.7. The highest BCUT2D eigenvalue weighted by Crippen LogP contribution is 2.14. The lowest BCUT2D eigenvalue weighted by atomic mass is 10.1. The monoisotopic (exact) mass is 444 g/mol. The number of aromatic nitrogens is 2. The Morgan fingerprint density at radius 3 is 2.30 bits per heavy atom. The maximum Gasteiger partial charge on any atom is 0.331 e. The van der Waals surface area contributed by atoms with E-state index in [0.29, 0.717) is 28.7 Å². The summed E-state index contributed by atoms with van der Waals surface area (Å²) < 4.78 is 7.71. The fourth-order valence-electron chi connectivity index (χ4n) is 3.63. The number of hydrogen-bond acceptors (Lipinski definition) is 5. The molecule has 1 amide bonds. The van der Waals surface area contributed by atoms with Crippen LogP contribution >= 0.6 is 0 Å². The fraction of sp³-hybridized carbons (Fsp3) is 0.160. The zero-order chi connectivity index (χ0) is 23.5. The number of nitrogens with zero attached hydrogens (tertiary/aromatic N) is 2. The van der Waals surface area contributed by atoms with Gasteiger partial charge in [-0.2, -0.15) is 0 Å². The van der Waals surface area contributed by atoms with Gasteiger partial charge >= 0.3 is 5.69 Å². The van der Waals surface area contributed by atoms with E-state index in [1.165, 1.54) is 10.6 Å². The summed E-state index contributed by atoms with van der Waals surface area (Å²) in [6.07, 6.45) is 0. The van der Waals surface area contributed by atoms with Gasteiger partial charge in [-0.15, -0.1) is 0 Å². The number of nitrogens with one attached hydrogen (secondary N) is 1. The lowest BCUT2D eigenvalue weighted by Crippen LogP contribution is -2.39. The van der Waals surface area contributed by atoms with Crippen molar-refractivity contribution >= 4 is 22.5 Å². The molecule has 3 N–H and O–H groups in total. The molecular weight excluding hydrogens is 420 g/mol. The van der Waals surface area contributed by atoms with Crippen LogP contribution in [-0.4, -0.2) is 22.2 Å². The quantitative estimate of drug-likeness (QED) is 0.444. The predicted octanol–water partition coefficient (Wildman–Crippen LogP) is 2.27. The lowest BCUT2D eigenvalue weighted by Gasteiger charge is -2.12. The van der Waals surface area contributed by atoms with Crippen molar-refractivity contribution in [3.8, 4) is 5.75 Å². The Kier molecular flexibility index (Phi) is 5.99. The number of hydrogen-bond donors (Lipinski definition) is 2. The van der Waals surface area contributed by atoms with Crippen LogP contribution in [0.25, 0.3) is 10.9 Å². The van der Waals surface area contributed by atoms with Gasteiger partial charge in [0.25, 0.3) is 11.5 Å². The maximum absolute atomic E-state index is 13.2. The van der Waals surface area contributed by atoms with Crippen molar-refractivity contribution in [3.05, 3.63) is 104 Å². The Morgan fingerprint density at radius 2 is 1.64 bits per heavy atom. The smallest absolute Gasteiger partial charge is 0.331 e. The first-order valence-electron chi connectivity index (χ1n) is 10.4. The Balaban J connectivity index is 1.64. The number of fused-ring (bicyclic) bond motifs is 1. The highest BCUT2D eigenvalue weighted by Gasteiger charge is 2.14. The van der Waals surface area contributed by atoms with Crippen LogP contribution in [0.5, 0.6) is 5.75 Å². The molecule has 33 heavy (non-hydrogen) atoms. The molecular formula is C25H24N4O4. The van der Waals surface area contributed by atoms with Gasteiger partial charge in [-0.25, -0.2) is 4.79 Å². The zero-order valence-corrected chi connectivity index (χ0v) is 18.4. The molecule has 0 aliphatic heterocycles. The summed E-state index contributed by atoms with van der Waals surface area (Å²) in [5.74, 6) is 0.423. The van der Waals surface area contributed by atoms with Gasteiger partial charge in [0.1, 0.15) is 5.75 Å². The number of aryl methyl sites for hydroxylation is 1. The highest BCUT2D eigenvalue weighted by atomic mass is 16.5. The maximum atomic E-state index is 13.2. The molecule has 0 unspecified atom stereocenters. The van der Waals surface area contributed by atoms with Crippen molar-refractivity contribution in [2.75, 3.05) is 12.8 Å². The fourth-order valence-corrected chi connectivity index (χ4v) is 3.63. The molecule has 4 aromatic rings. The number of nitrogen functional groups attached to an aromatic ring is 1. The molecule has 8 nitrogen and oxygen atoms in total. The average molecular weight is 444 g/mol. The largest absolute Gasteiger partial charge is 0.497 e. The summed E-state index contributed by atoms with van der Waals surface area (Å²) in [6, 6.07) is 19.1. The van der Waals surface area contributed by atoms with Gasteiger partial charge < -0.3 is 15.8 Å². The van der Waals surface area contributed by atoms with E-state index < -0.39 is 11.2 Å². The molecule has 0 bridgehead atoms. The summed E-state index contributed by atoms with van der Waals surface area (Å²) >= 11 is 0. The summed E-state index contributed by atoms with van der Waals surface area (Å²) in [5, 5.41) is 3.15. The van der Waals surface area contributed by atoms with Crippen molar-refractivity contribution in [1.82, 2.24) is 14.5 Å². The molecule has 168 valence electrons. The first-order chi connectivity index (χ1) is 15.9. The van der Waals surface area contributed by atoms with Crippen molar-refractivity contribution in [2.24, 2.45) is 7.05 Å². The van der Waals surface area contributed by atoms with Gasteiger partial charge in [0, 0.05) is 24.8 Å². The Bertz CT molecular complexity index is 1440. The normalized spacial score (nSPS) is 10.8. The number of methoxy groups -OCH3 is 1. The Hall–Kier alpha value is -4.33. The van der Waals surface area contributed by atoms with E-state index in [2.05, 4.69) is 5.32 Å². The topological polar surface area (TPSA) is 108 Å². The number of rotatable bonds is 6. The lowest BCUT2D eigenvalue weighted by molar-refractivity contribution is 0.0951. The minimum absolute atomic E-state index is 0.107. The predicted molar refractivity (Wildman–Crippen MR) is 128 cm³/mol. The molecule has 0 fully saturated rings. The van der Waals surface area contributed by atoms with Gasteiger partial charge in [-0.3, -0.25) is 18.7 Å². The summed E-state index contributed by atoms with van der Waals surface area (Å²) in [6.45, 7) is 0.436. The molecule has 0 saturated carbocycles. The number of anilines is 1. The second kappa shape index (κ2) is 9.04. The number of nitrogens with two attached hydrogens (primary N) is 1. The molecule has 0 aliphatic carbocycles. The molecule has 8 heteroatoms. The number of benzene rings is 3. The number of carbonyl (C=O) groups excluding carboxylic acids is 1. The molecule has 0 saturated heterocycles. The van der Waals surface area contributed by atoms with E-state index in [4.69, 9.17) is 10.5 Å². The van der Waals surface area contributed by atoms with Crippen LogP contribution in [0, 0.1) is 0 Å². The van der Waals surface area contributed by atoms with E-state index in [0.717, 1.165) is 21.4 Å². The van der Waals surface area contributed by atoms with Crippen LogP contribution in [0.15, 0.2) is 76.3 Å². The number of ether oxygens (including phenoxy) is 1. The third-order valence-corrected chi connectivity index (χ3v) is 5.55. The van der Waals surface area contributed by atoms with E-state index in [1.807, 2.05) is 24.3 Å². The zero-order valence-electron chi connectivity index (χ0n) is 18.4. The third kappa shape index (κ3) is 4.50. The third-order valence-electron chi connectivity index (χ3n) is 5.55. The van der Waals surface area contributed by atoms with Gasteiger partial charge in [-0.1, -0.05) is 24.3 Å². The Morgan fingerprint density at radius 1 is 0.970 bits per heavy atom. The van der Waals surface area contributed by atoms with Gasteiger partial charge in [0.2, 0.25) is 0 Å². The second-order valence-corrected chi connectivity index (χ2v) is 7.74. The summed E-state index contributed by atoms with van der Waals surface area (Å²) in [5.41, 5.74) is 7.93. The van der Waals surface area contributed by atoms with Crippen molar-refractivity contribution in [1.29, 1.82) is 0 Å². The molecule has 3 aromatic carbocycles. The van der Waals surface area contributed by atoms with E-state index in [1.54, 1.807) is 50.6 Å². The van der Waals surface area contributed by atoms with E-state index in [9.17, 15) is 14.4 Å². The van der Waals surface area contributed by atoms with Gasteiger partial charge in [0.15, 0.2) is 0 Å². The molecule has 0 aliphatic rings. The molecule has 1 aromatic heterocycles. The van der Waals surface area contributed by atoms with Crippen LogP contribution < -0.4 is 27.0 Å². The first kappa shape index (κ1) is 21.9. The number of carbonyl (C=O) groups is 1. The molecule has 1 heterocycles. The molecule has 0 atom stereocenters. The molecule has 4 rings (SSSR count). The van der Waals surface area contributed by atoms with Gasteiger partial charge in [0.05, 0.1) is 24.6 Å². The SMILES string of the molecule is COc1ccc(CNC(=O)c2ccc3c(c2)c(=O)n(Cc2ccc(N)cc2)c(=O)n3C)cc1. The van der Waals surface area contributed by atoms with Crippen molar-refractivity contribution < 1.29 is 9.53 Å². The van der Waals surface area contributed by atoms with Crippen molar-refractivity contribution in [3.63, 3.8) is 0 Å². The minimum Gasteiger partial charge on any atom is -0.497 e. The summed E-state index contributed by atoms with van der Waals surface area (Å²) in [7, 11) is 3.20. The van der Waals surface area contributed by atoms with E-state index >= 15 is 0 Å². The average Bonchev–Trinajstić information content (AvgIpc) is 2.85. The Labute approximate surface area is 189 Å². The van der Waals surface area contributed by atoms with Crippen molar-refractivity contribution in [2.45, 2.75) is 13.1 Å². The van der Waals surface area contributed by atoms with Crippen LogP contribution in [0.1, 0.15) is 21.5 Å². The minimum atomic E-state index is -0.449. The standard InChI is InChI=1S/C25H24N4O4/c1-28-22-12-7-18(23(30)27-14-16-5-10-20(33-2)11-6-16)13-21(22)24(31)29(25(28)32)15-17-3-8-19(26)9-4-17/h3-13H,14-15,26H2,1-2H3,(H,27,30). The highest BCUT2D eigenvalue weighted by molar-refractivity contribution is 5.97. The second-order valence-electron chi connectivity index (χ2n) is 7.74. The molecule has 0 radical (unpaired) electrons. The van der Waals surface area contributed by atoms with Crippen LogP contribution in [0.4, 0.5) is 5.69 Å². The molecule has 0 spiro atoms. The number of amides is 1. The van der Waals surface area contributed by atoms with E-state index in [-0.39, 0.29) is 12.5 Å². The first-order valence-corrected chi connectivity index (χ1v) is 10.4. The van der Waals surface area contributed by atoms with Crippen LogP contribution in [0.3, 0.4) is 0 Å².